The van der Waals surface area contributed by atoms with E-state index in [2.05, 4.69) is 0 Å². The summed E-state index contributed by atoms with van der Waals surface area (Å²) in [5.41, 5.74) is 9.51. The Kier molecular flexibility index (Phi) is 3.81. The first kappa shape index (κ1) is 18.4. The monoisotopic (exact) mass is 399 g/mol. The topological polar surface area (TPSA) is 78.6 Å². The highest BCUT2D eigenvalue weighted by atomic mass is 16.6. The Labute approximate surface area is 174 Å². The van der Waals surface area contributed by atoms with Crippen LogP contribution in [-0.4, -0.2) is 11.8 Å². The number of carbonyl (C=O) groups excluding carboxylic acids is 2. The molecule has 2 N–H and O–H groups in total. The van der Waals surface area contributed by atoms with Crippen LogP contribution in [0.15, 0.2) is 54.6 Å². The number of Topliss-reactive ketones (excluding diaryl/α,β-unsaturated/α-hetero) is 1. The summed E-state index contributed by atoms with van der Waals surface area (Å²) in [5.74, 6) is 0.541. The molecule has 0 bridgehead atoms. The molecule has 0 saturated carbocycles. The van der Waals surface area contributed by atoms with Gasteiger partial charge in [0.15, 0.2) is 11.4 Å². The maximum Gasteiger partial charge on any atom is 0.340 e. The minimum Gasteiger partial charge on any atom is -0.456 e. The maximum absolute atomic E-state index is 13.0. The lowest BCUT2D eigenvalue weighted by atomic mass is 9.77. The average molecular weight is 399 g/mol. The van der Waals surface area contributed by atoms with Gasteiger partial charge in [-0.3, -0.25) is 4.79 Å². The minimum absolute atomic E-state index is 0.0114. The van der Waals surface area contributed by atoms with Gasteiger partial charge in [0.1, 0.15) is 11.5 Å². The summed E-state index contributed by atoms with van der Waals surface area (Å²) in [7, 11) is 0. The molecule has 1 unspecified atom stereocenters. The molecule has 0 aromatic heterocycles. The summed E-state index contributed by atoms with van der Waals surface area (Å²) in [6.45, 7) is 5.66. The predicted octanol–water partition coefficient (Wildman–Crippen LogP) is 4.98. The minimum atomic E-state index is -1.14. The first-order valence-electron chi connectivity index (χ1n) is 9.92. The SMILES string of the molecule is Cc1ccc2c(c1)Oc1cc(N)ccc1C21OC(=O)c2cc(C(=O)C(C)C)ccc21. The summed E-state index contributed by atoms with van der Waals surface area (Å²) < 4.78 is 12.3. The Balaban J connectivity index is 1.81. The molecule has 0 fully saturated rings. The molecular weight excluding hydrogens is 378 g/mol. The second kappa shape index (κ2) is 6.20. The number of hydrogen-bond acceptors (Lipinski definition) is 5. The number of carbonyl (C=O) groups is 2. The first-order chi connectivity index (χ1) is 14.3. The van der Waals surface area contributed by atoms with Crippen LogP contribution < -0.4 is 10.5 Å². The second-order valence-electron chi connectivity index (χ2n) is 8.21. The molecule has 5 heteroatoms. The van der Waals surface area contributed by atoms with E-state index in [1.54, 1.807) is 24.3 Å². The van der Waals surface area contributed by atoms with E-state index in [0.717, 1.165) is 11.1 Å². The van der Waals surface area contributed by atoms with E-state index in [0.29, 0.717) is 39.4 Å². The molecule has 5 nitrogen and oxygen atoms in total. The van der Waals surface area contributed by atoms with Crippen LogP contribution in [0.5, 0.6) is 11.5 Å². The largest absolute Gasteiger partial charge is 0.456 e. The van der Waals surface area contributed by atoms with Gasteiger partial charge in [0, 0.05) is 39.9 Å². The summed E-state index contributed by atoms with van der Waals surface area (Å²) in [4.78, 5) is 25.5. The number of fused-ring (bicyclic) bond motifs is 6. The van der Waals surface area contributed by atoms with Gasteiger partial charge in [-0.05, 0) is 36.8 Å². The lowest BCUT2D eigenvalue weighted by Gasteiger charge is -2.36. The van der Waals surface area contributed by atoms with Crippen molar-refractivity contribution in [3.63, 3.8) is 0 Å². The molecule has 3 aromatic rings. The van der Waals surface area contributed by atoms with Gasteiger partial charge >= 0.3 is 5.97 Å². The van der Waals surface area contributed by atoms with E-state index >= 15 is 0 Å². The van der Waals surface area contributed by atoms with Gasteiger partial charge in [0.25, 0.3) is 0 Å². The van der Waals surface area contributed by atoms with Gasteiger partial charge in [-0.15, -0.1) is 0 Å². The zero-order valence-electron chi connectivity index (χ0n) is 17.0. The number of ether oxygens (including phenoxy) is 2. The van der Waals surface area contributed by atoms with Gasteiger partial charge in [-0.1, -0.05) is 38.1 Å². The van der Waals surface area contributed by atoms with Crippen molar-refractivity contribution in [2.75, 3.05) is 5.73 Å². The van der Waals surface area contributed by atoms with E-state index in [1.165, 1.54) is 0 Å². The van der Waals surface area contributed by atoms with Crippen molar-refractivity contribution < 1.29 is 19.1 Å². The molecule has 5 rings (SSSR count). The average Bonchev–Trinajstić information content (AvgIpc) is 2.99. The quantitative estimate of drug-likeness (QED) is 0.373. The van der Waals surface area contributed by atoms with Gasteiger partial charge in [-0.2, -0.15) is 0 Å². The molecule has 30 heavy (non-hydrogen) atoms. The van der Waals surface area contributed by atoms with Crippen molar-refractivity contribution in [3.05, 3.63) is 88.0 Å². The number of hydrogen-bond donors (Lipinski definition) is 1. The van der Waals surface area contributed by atoms with Crippen molar-refractivity contribution in [2.45, 2.75) is 26.4 Å². The number of rotatable bonds is 2. The van der Waals surface area contributed by atoms with Crippen molar-refractivity contribution in [2.24, 2.45) is 5.92 Å². The molecule has 0 amide bonds. The third-order valence-electron chi connectivity index (χ3n) is 5.79. The van der Waals surface area contributed by atoms with Crippen molar-refractivity contribution >= 4 is 17.4 Å². The van der Waals surface area contributed by atoms with Crippen LogP contribution in [0.2, 0.25) is 0 Å². The fourth-order valence-corrected chi connectivity index (χ4v) is 4.34. The Hall–Kier alpha value is -3.60. The standard InChI is InChI=1S/C25H21NO4/c1-13(2)23(27)15-5-8-18-17(11-15)24(28)30-25(18)19-7-4-14(3)10-21(19)29-22-12-16(26)6-9-20(22)25/h4-13H,26H2,1-3H3. The summed E-state index contributed by atoms with van der Waals surface area (Å²) >= 11 is 0. The van der Waals surface area contributed by atoms with Crippen molar-refractivity contribution in [1.29, 1.82) is 0 Å². The van der Waals surface area contributed by atoms with Gasteiger partial charge < -0.3 is 15.2 Å². The second-order valence-corrected chi connectivity index (χ2v) is 8.21. The summed E-state index contributed by atoms with van der Waals surface area (Å²) in [6.07, 6.45) is 0. The van der Waals surface area contributed by atoms with Crippen LogP contribution in [0.25, 0.3) is 0 Å². The van der Waals surface area contributed by atoms with E-state index in [4.69, 9.17) is 15.2 Å². The van der Waals surface area contributed by atoms with Gasteiger partial charge in [-0.25, -0.2) is 4.79 Å². The van der Waals surface area contributed by atoms with Crippen LogP contribution in [0.3, 0.4) is 0 Å². The zero-order valence-corrected chi connectivity index (χ0v) is 17.0. The van der Waals surface area contributed by atoms with E-state index in [1.807, 2.05) is 51.1 Å². The Morgan fingerprint density at radius 2 is 1.60 bits per heavy atom. The molecule has 150 valence electrons. The van der Waals surface area contributed by atoms with Crippen molar-refractivity contribution in [3.8, 4) is 11.5 Å². The first-order valence-corrected chi connectivity index (χ1v) is 9.92. The molecule has 1 atom stereocenters. The van der Waals surface area contributed by atoms with Crippen LogP contribution in [0.1, 0.15) is 56.8 Å². The Morgan fingerprint density at radius 1 is 0.933 bits per heavy atom. The highest BCUT2D eigenvalue weighted by Gasteiger charge is 2.53. The molecule has 0 radical (unpaired) electrons. The molecule has 2 aliphatic rings. The summed E-state index contributed by atoms with van der Waals surface area (Å²) in [5, 5.41) is 0. The van der Waals surface area contributed by atoms with Crippen LogP contribution in [-0.2, 0) is 10.3 Å². The van der Waals surface area contributed by atoms with Gasteiger partial charge in [0.05, 0.1) is 5.56 Å². The number of benzene rings is 3. The van der Waals surface area contributed by atoms with Crippen LogP contribution >= 0.6 is 0 Å². The molecule has 3 aromatic carbocycles. The number of nitrogen functional groups attached to an aromatic ring is 1. The zero-order chi connectivity index (χ0) is 21.2. The number of aryl methyl sites for hydroxylation is 1. The smallest absolute Gasteiger partial charge is 0.340 e. The van der Waals surface area contributed by atoms with E-state index in [9.17, 15) is 9.59 Å². The molecule has 0 aliphatic carbocycles. The van der Waals surface area contributed by atoms with Crippen LogP contribution in [0.4, 0.5) is 5.69 Å². The maximum atomic E-state index is 13.0. The normalized spacial score (nSPS) is 18.5. The fraction of sp³-hybridized carbons (Fsp3) is 0.200. The molecular formula is C25H21NO4. The van der Waals surface area contributed by atoms with E-state index < -0.39 is 11.6 Å². The third-order valence-corrected chi connectivity index (χ3v) is 5.79. The lowest BCUT2D eigenvalue weighted by Crippen LogP contribution is -2.33. The van der Waals surface area contributed by atoms with Gasteiger partial charge in [0.2, 0.25) is 0 Å². The number of esters is 1. The number of anilines is 1. The molecule has 0 saturated heterocycles. The predicted molar refractivity (Wildman–Crippen MR) is 113 cm³/mol. The fourth-order valence-electron chi connectivity index (χ4n) is 4.34. The lowest BCUT2D eigenvalue weighted by molar-refractivity contribution is 0.0224. The molecule has 2 aliphatic heterocycles. The molecule has 2 heterocycles. The Bertz CT molecular complexity index is 1190. The number of ketones is 1. The third kappa shape index (κ3) is 2.41. The highest BCUT2D eigenvalue weighted by Crippen LogP contribution is 2.56. The highest BCUT2D eigenvalue weighted by molar-refractivity contribution is 6.03. The van der Waals surface area contributed by atoms with E-state index in [-0.39, 0.29) is 11.7 Å². The molecule has 1 spiro atoms. The Morgan fingerprint density at radius 3 is 2.33 bits per heavy atom. The summed E-state index contributed by atoms with van der Waals surface area (Å²) in [6, 6.07) is 16.4. The van der Waals surface area contributed by atoms with Crippen molar-refractivity contribution in [1.82, 2.24) is 0 Å². The number of nitrogens with two attached hydrogens (primary N) is 1. The van der Waals surface area contributed by atoms with Crippen LogP contribution in [0, 0.1) is 12.8 Å².